The molecule has 0 radical (unpaired) electrons. The van der Waals surface area contributed by atoms with Crippen molar-refractivity contribution in [3.8, 4) is 0 Å². The van der Waals surface area contributed by atoms with Gasteiger partial charge in [-0.3, -0.25) is 4.99 Å². The van der Waals surface area contributed by atoms with Crippen LogP contribution in [0.4, 0.5) is 0 Å². The van der Waals surface area contributed by atoms with Gasteiger partial charge in [0.25, 0.3) is 0 Å². The summed E-state index contributed by atoms with van der Waals surface area (Å²) in [6.07, 6.45) is 0.715. The Labute approximate surface area is 121 Å². The quantitative estimate of drug-likeness (QED) is 0.596. The van der Waals surface area contributed by atoms with E-state index in [1.165, 1.54) is 19.8 Å². The number of nitrogens with zero attached hydrogens (tertiary/aromatic N) is 4. The second-order valence-corrected chi connectivity index (χ2v) is 5.31. The molecule has 0 bridgehead atoms. The minimum Gasteiger partial charge on any atom is -0.495 e. The van der Waals surface area contributed by atoms with Crippen LogP contribution in [0, 0.1) is 5.92 Å². The third-order valence-electron chi connectivity index (χ3n) is 4.20. The summed E-state index contributed by atoms with van der Waals surface area (Å²) in [7, 11) is 1.37. The normalized spacial score (nSPS) is 45.0. The minimum atomic E-state index is -1.47. The predicted octanol–water partition coefficient (Wildman–Crippen LogP) is -1.29. The van der Waals surface area contributed by atoms with Crippen molar-refractivity contribution < 1.29 is 24.8 Å². The molecule has 0 aromatic heterocycles. The molecule has 0 amide bonds. The fourth-order valence-corrected chi connectivity index (χ4v) is 2.90. The van der Waals surface area contributed by atoms with Crippen LogP contribution >= 0.6 is 0 Å². The van der Waals surface area contributed by atoms with E-state index in [0.717, 1.165) is 0 Å². The number of hydrogen-bond donors (Lipinski definition) is 3. The van der Waals surface area contributed by atoms with Crippen molar-refractivity contribution in [2.75, 3.05) is 13.7 Å². The Morgan fingerprint density at radius 2 is 2.24 bits per heavy atom. The average Bonchev–Trinajstić information content (AvgIpc) is 3.02. The first-order valence-corrected chi connectivity index (χ1v) is 6.65. The fraction of sp³-hybridized carbons (Fsp3) is 0.750. The molecular weight excluding hydrogens is 280 g/mol. The number of ether oxygens (including phenoxy) is 2. The number of hydrogen-bond acceptors (Lipinski definition) is 8. The monoisotopic (exact) mass is 298 g/mol. The van der Waals surface area contributed by atoms with Crippen LogP contribution in [0.15, 0.2) is 15.0 Å². The second-order valence-electron chi connectivity index (χ2n) is 5.31. The standard InChI is InChI=1S/C12H18N4O5/c1-6-8(18)12(3-17,20-2)21-11(6)16-5-15-7-9(16)13-4-14-10(7)19/h4-9,11,17-18H,3H2,1-2H3,(H,13,14,19)/t6-,7?,8-,9?,11+,12+/m0/s1. The number of rotatable bonds is 3. The summed E-state index contributed by atoms with van der Waals surface area (Å²) in [5.41, 5.74) is 0. The van der Waals surface area contributed by atoms with E-state index in [1.807, 2.05) is 0 Å². The van der Waals surface area contributed by atoms with Gasteiger partial charge in [0.1, 0.15) is 18.7 Å². The van der Waals surface area contributed by atoms with Gasteiger partial charge < -0.3 is 29.7 Å². The SMILES string of the molecule is CO[C@]1(CO)O[C@@H](N2C=NC3C(O)=NC=NC32)[C@@H](C)[C@@H]1O. The molecule has 1 saturated heterocycles. The zero-order valence-corrected chi connectivity index (χ0v) is 11.7. The maximum absolute atomic E-state index is 10.3. The Morgan fingerprint density at radius 1 is 1.48 bits per heavy atom. The second kappa shape index (κ2) is 5.02. The van der Waals surface area contributed by atoms with Crippen molar-refractivity contribution >= 4 is 18.6 Å². The van der Waals surface area contributed by atoms with Gasteiger partial charge in [-0.05, 0) is 0 Å². The Hall–Kier alpha value is -1.55. The van der Waals surface area contributed by atoms with E-state index >= 15 is 0 Å². The first kappa shape index (κ1) is 14.4. The van der Waals surface area contributed by atoms with Crippen LogP contribution in [0.3, 0.4) is 0 Å². The number of fused-ring (bicyclic) bond motifs is 1. The van der Waals surface area contributed by atoms with Crippen molar-refractivity contribution in [2.24, 2.45) is 20.9 Å². The molecule has 0 aliphatic carbocycles. The number of aliphatic imine (C=N–C) groups is 3. The van der Waals surface area contributed by atoms with Crippen molar-refractivity contribution in [3.63, 3.8) is 0 Å². The van der Waals surface area contributed by atoms with E-state index in [0.29, 0.717) is 0 Å². The summed E-state index contributed by atoms with van der Waals surface area (Å²) in [5.74, 6) is -1.93. The molecule has 21 heavy (non-hydrogen) atoms. The van der Waals surface area contributed by atoms with Crippen LogP contribution in [0.1, 0.15) is 6.92 Å². The first-order chi connectivity index (χ1) is 10.0. The molecule has 0 saturated carbocycles. The highest BCUT2D eigenvalue weighted by atomic mass is 16.7. The van der Waals surface area contributed by atoms with E-state index in [1.54, 1.807) is 11.8 Å². The van der Waals surface area contributed by atoms with Gasteiger partial charge in [0, 0.05) is 13.0 Å². The van der Waals surface area contributed by atoms with Crippen LogP contribution in [0.5, 0.6) is 0 Å². The third kappa shape index (κ3) is 1.96. The molecule has 116 valence electrons. The zero-order chi connectivity index (χ0) is 15.2. The van der Waals surface area contributed by atoms with Crippen molar-refractivity contribution in [3.05, 3.63) is 0 Å². The predicted molar refractivity (Wildman–Crippen MR) is 73.3 cm³/mol. The third-order valence-corrected chi connectivity index (χ3v) is 4.20. The number of methoxy groups -OCH3 is 1. The van der Waals surface area contributed by atoms with E-state index in [2.05, 4.69) is 15.0 Å². The van der Waals surface area contributed by atoms with Crippen LogP contribution in [0.25, 0.3) is 0 Å². The molecule has 3 N–H and O–H groups in total. The minimum absolute atomic E-state index is 0.111. The molecule has 1 fully saturated rings. The van der Waals surface area contributed by atoms with Gasteiger partial charge in [-0.2, -0.15) is 0 Å². The van der Waals surface area contributed by atoms with Crippen LogP contribution in [-0.4, -0.2) is 82.8 Å². The van der Waals surface area contributed by atoms with Gasteiger partial charge in [0.05, 0.1) is 12.9 Å². The molecule has 3 heterocycles. The molecule has 3 aliphatic rings. The lowest BCUT2D eigenvalue weighted by Crippen LogP contribution is -2.48. The smallest absolute Gasteiger partial charge is 0.220 e. The molecule has 2 unspecified atom stereocenters. The lowest BCUT2D eigenvalue weighted by atomic mass is 9.99. The maximum atomic E-state index is 10.3. The van der Waals surface area contributed by atoms with Gasteiger partial charge in [-0.1, -0.05) is 6.92 Å². The summed E-state index contributed by atoms with van der Waals surface area (Å²) in [6, 6.07) is -0.574. The molecule has 9 nitrogen and oxygen atoms in total. The van der Waals surface area contributed by atoms with E-state index in [-0.39, 0.29) is 11.8 Å². The highest BCUT2D eigenvalue weighted by molar-refractivity contribution is 5.92. The van der Waals surface area contributed by atoms with Gasteiger partial charge in [0.2, 0.25) is 11.7 Å². The van der Waals surface area contributed by atoms with Crippen molar-refractivity contribution in [2.45, 2.75) is 37.3 Å². The summed E-state index contributed by atoms with van der Waals surface area (Å²) < 4.78 is 10.9. The highest BCUT2D eigenvalue weighted by Gasteiger charge is 2.57. The average molecular weight is 298 g/mol. The topological polar surface area (TPSA) is 119 Å². The van der Waals surface area contributed by atoms with E-state index in [9.17, 15) is 15.3 Å². The van der Waals surface area contributed by atoms with Crippen LogP contribution in [0.2, 0.25) is 0 Å². The Morgan fingerprint density at radius 3 is 2.86 bits per heavy atom. The largest absolute Gasteiger partial charge is 0.495 e. The van der Waals surface area contributed by atoms with Gasteiger partial charge in [0.15, 0.2) is 12.2 Å². The Bertz CT molecular complexity index is 504. The van der Waals surface area contributed by atoms with E-state index in [4.69, 9.17) is 9.47 Å². The summed E-state index contributed by atoms with van der Waals surface area (Å²) in [5, 5.41) is 29.5. The summed E-state index contributed by atoms with van der Waals surface area (Å²) >= 11 is 0. The molecule has 3 aliphatic heterocycles. The number of aliphatic hydroxyl groups excluding tert-OH is 3. The van der Waals surface area contributed by atoms with Crippen LogP contribution < -0.4 is 0 Å². The molecule has 3 rings (SSSR count). The molecule has 0 aromatic carbocycles. The van der Waals surface area contributed by atoms with Crippen molar-refractivity contribution in [1.29, 1.82) is 0 Å². The molecule has 0 aromatic rings. The maximum Gasteiger partial charge on any atom is 0.220 e. The molecule has 9 heteroatoms. The highest BCUT2D eigenvalue weighted by Crippen LogP contribution is 2.39. The molecular formula is C12H18N4O5. The summed E-state index contributed by atoms with van der Waals surface area (Å²) in [6.45, 7) is 1.31. The van der Waals surface area contributed by atoms with Gasteiger partial charge >= 0.3 is 0 Å². The first-order valence-electron chi connectivity index (χ1n) is 6.65. The zero-order valence-electron chi connectivity index (χ0n) is 11.7. The lowest BCUT2D eigenvalue weighted by molar-refractivity contribution is -0.271. The Kier molecular flexibility index (Phi) is 3.44. The Balaban J connectivity index is 1.84. The molecule has 6 atom stereocenters. The van der Waals surface area contributed by atoms with Crippen molar-refractivity contribution in [1.82, 2.24) is 4.90 Å². The van der Waals surface area contributed by atoms with Gasteiger partial charge in [-0.15, -0.1) is 0 Å². The lowest BCUT2D eigenvalue weighted by Gasteiger charge is -2.33. The summed E-state index contributed by atoms with van der Waals surface area (Å²) in [4.78, 5) is 13.8. The fourth-order valence-electron chi connectivity index (χ4n) is 2.90. The molecule has 0 spiro atoms. The van der Waals surface area contributed by atoms with E-state index < -0.39 is 36.9 Å². The number of aliphatic hydroxyl groups is 3. The van der Waals surface area contributed by atoms with Gasteiger partial charge in [-0.25, -0.2) is 9.98 Å². The van der Waals surface area contributed by atoms with Crippen LogP contribution in [-0.2, 0) is 9.47 Å².